The number of piperidine rings is 1. The van der Waals surface area contributed by atoms with Gasteiger partial charge in [0.2, 0.25) is 10.0 Å². The summed E-state index contributed by atoms with van der Waals surface area (Å²) in [6.45, 7) is 2.49. The van der Waals surface area contributed by atoms with Gasteiger partial charge in [0.1, 0.15) is 0 Å². The van der Waals surface area contributed by atoms with Crippen molar-refractivity contribution in [1.29, 1.82) is 0 Å². The van der Waals surface area contributed by atoms with Crippen LogP contribution in [-0.2, 0) is 10.0 Å². The van der Waals surface area contributed by atoms with Gasteiger partial charge in [0.25, 0.3) is 0 Å². The number of sulfonamides is 1. The molecule has 0 radical (unpaired) electrons. The lowest BCUT2D eigenvalue weighted by molar-refractivity contribution is 0.151. The Morgan fingerprint density at radius 2 is 2.07 bits per heavy atom. The molecule has 0 aromatic carbocycles. The smallest absolute Gasteiger partial charge is 0.211 e. The third-order valence-corrected chi connectivity index (χ3v) is 4.77. The van der Waals surface area contributed by atoms with Crippen LogP contribution in [0.2, 0.25) is 0 Å². The fourth-order valence-electron chi connectivity index (χ4n) is 2.75. The molecule has 5 heteroatoms. The van der Waals surface area contributed by atoms with Crippen LogP contribution in [-0.4, -0.2) is 44.2 Å². The first-order valence-corrected chi connectivity index (χ1v) is 7.08. The molecule has 0 aromatic rings. The lowest BCUT2D eigenvalue weighted by Gasteiger charge is -2.42. The minimum absolute atomic E-state index is 0.0914. The molecule has 2 aliphatic rings. The molecular weight excluding hydrogens is 200 g/mol. The highest BCUT2D eigenvalue weighted by Gasteiger charge is 2.45. The van der Waals surface area contributed by atoms with Gasteiger partial charge >= 0.3 is 0 Å². The molecule has 2 heterocycles. The van der Waals surface area contributed by atoms with Crippen molar-refractivity contribution in [2.24, 2.45) is 0 Å². The Hall–Kier alpha value is -0.130. The number of nitrogens with one attached hydrogen (secondary N) is 1. The lowest BCUT2D eigenvalue weighted by Crippen LogP contribution is -2.55. The van der Waals surface area contributed by atoms with Crippen molar-refractivity contribution in [3.63, 3.8) is 0 Å². The summed E-state index contributed by atoms with van der Waals surface area (Å²) in [5, 5.41) is 3.28. The van der Waals surface area contributed by atoms with E-state index in [1.54, 1.807) is 4.31 Å². The van der Waals surface area contributed by atoms with Gasteiger partial charge in [-0.05, 0) is 25.8 Å². The van der Waals surface area contributed by atoms with E-state index in [2.05, 4.69) is 5.32 Å². The van der Waals surface area contributed by atoms with Crippen LogP contribution in [0.25, 0.3) is 0 Å². The Balaban J connectivity index is 2.27. The van der Waals surface area contributed by atoms with E-state index in [0.29, 0.717) is 6.54 Å². The number of rotatable bonds is 1. The molecule has 0 aliphatic carbocycles. The van der Waals surface area contributed by atoms with E-state index in [1.807, 2.05) is 0 Å². The second-order valence-electron chi connectivity index (χ2n) is 4.44. The molecule has 14 heavy (non-hydrogen) atoms. The maximum Gasteiger partial charge on any atom is 0.211 e. The molecule has 2 saturated heterocycles. The fraction of sp³-hybridized carbons (Fsp3) is 1.00. The third kappa shape index (κ3) is 1.68. The Morgan fingerprint density at radius 1 is 1.29 bits per heavy atom. The number of hydrogen-bond acceptors (Lipinski definition) is 3. The summed E-state index contributed by atoms with van der Waals surface area (Å²) < 4.78 is 25.0. The molecule has 2 aliphatic heterocycles. The molecule has 0 saturated carbocycles. The highest BCUT2D eigenvalue weighted by atomic mass is 32.2. The summed E-state index contributed by atoms with van der Waals surface area (Å²) >= 11 is 0. The molecule has 1 atom stereocenters. The van der Waals surface area contributed by atoms with Crippen molar-refractivity contribution in [2.75, 3.05) is 25.9 Å². The average Bonchev–Trinajstić information content (AvgIpc) is 2.52. The number of hydrogen-bond donors (Lipinski definition) is 1. The summed E-state index contributed by atoms with van der Waals surface area (Å²) in [5.41, 5.74) is -0.0914. The summed E-state index contributed by atoms with van der Waals surface area (Å²) in [6.07, 6.45) is 5.49. The van der Waals surface area contributed by atoms with Gasteiger partial charge < -0.3 is 5.32 Å². The monoisotopic (exact) mass is 218 g/mol. The van der Waals surface area contributed by atoms with Crippen molar-refractivity contribution < 1.29 is 8.42 Å². The Kier molecular flexibility index (Phi) is 2.57. The molecule has 82 valence electrons. The van der Waals surface area contributed by atoms with E-state index in [-0.39, 0.29) is 5.54 Å². The molecule has 0 amide bonds. The van der Waals surface area contributed by atoms with Crippen LogP contribution in [0.15, 0.2) is 0 Å². The van der Waals surface area contributed by atoms with Crippen molar-refractivity contribution in [1.82, 2.24) is 9.62 Å². The Bertz CT molecular complexity index is 307. The van der Waals surface area contributed by atoms with Gasteiger partial charge in [0, 0.05) is 18.6 Å². The fourth-order valence-corrected chi connectivity index (χ4v) is 4.16. The first kappa shape index (κ1) is 10.4. The molecule has 0 bridgehead atoms. The van der Waals surface area contributed by atoms with E-state index in [0.717, 1.165) is 38.8 Å². The van der Waals surface area contributed by atoms with Gasteiger partial charge in [-0.25, -0.2) is 8.42 Å². The summed E-state index contributed by atoms with van der Waals surface area (Å²) in [5.74, 6) is 0. The molecule has 2 fully saturated rings. The van der Waals surface area contributed by atoms with Crippen LogP contribution in [0.3, 0.4) is 0 Å². The highest BCUT2D eigenvalue weighted by molar-refractivity contribution is 7.88. The van der Waals surface area contributed by atoms with Gasteiger partial charge in [-0.3, -0.25) is 0 Å². The van der Waals surface area contributed by atoms with E-state index in [1.165, 1.54) is 6.26 Å². The molecular formula is C9H18N2O2S. The number of nitrogens with zero attached hydrogens (tertiary/aromatic N) is 1. The summed E-state index contributed by atoms with van der Waals surface area (Å²) in [7, 11) is -3.02. The lowest BCUT2D eigenvalue weighted by atomic mass is 9.88. The normalized spacial score (nSPS) is 35.2. The maximum absolute atomic E-state index is 11.6. The topological polar surface area (TPSA) is 49.4 Å². The molecule has 2 rings (SSSR count). The standard InChI is InChI=1S/C9H18N2O2S/c1-14(12,13)11-7-3-2-4-9(11)5-6-10-8-9/h10H,2-8H2,1H3/t9-/m0/s1. The van der Waals surface area contributed by atoms with Crippen molar-refractivity contribution in [3.05, 3.63) is 0 Å². The van der Waals surface area contributed by atoms with Crippen molar-refractivity contribution in [2.45, 2.75) is 31.2 Å². The van der Waals surface area contributed by atoms with E-state index >= 15 is 0 Å². The quantitative estimate of drug-likeness (QED) is 0.682. The average molecular weight is 218 g/mol. The first-order valence-electron chi connectivity index (χ1n) is 5.23. The van der Waals surface area contributed by atoms with Crippen molar-refractivity contribution >= 4 is 10.0 Å². The minimum atomic E-state index is -3.02. The van der Waals surface area contributed by atoms with E-state index in [4.69, 9.17) is 0 Å². The minimum Gasteiger partial charge on any atom is -0.315 e. The van der Waals surface area contributed by atoms with Gasteiger partial charge in [-0.2, -0.15) is 4.31 Å². The van der Waals surface area contributed by atoms with Gasteiger partial charge in [0.15, 0.2) is 0 Å². The van der Waals surface area contributed by atoms with Crippen LogP contribution in [0, 0.1) is 0 Å². The highest BCUT2D eigenvalue weighted by Crippen LogP contribution is 2.34. The second kappa shape index (κ2) is 3.47. The maximum atomic E-state index is 11.6. The third-order valence-electron chi connectivity index (χ3n) is 3.40. The Labute approximate surface area is 85.7 Å². The second-order valence-corrected chi connectivity index (χ2v) is 6.35. The van der Waals surface area contributed by atoms with Gasteiger partial charge in [-0.1, -0.05) is 6.42 Å². The van der Waals surface area contributed by atoms with Crippen LogP contribution in [0.4, 0.5) is 0 Å². The Morgan fingerprint density at radius 3 is 2.64 bits per heavy atom. The zero-order valence-corrected chi connectivity index (χ0v) is 9.44. The van der Waals surface area contributed by atoms with Gasteiger partial charge in [0.05, 0.1) is 6.26 Å². The molecule has 1 spiro atoms. The van der Waals surface area contributed by atoms with Crippen LogP contribution in [0.5, 0.6) is 0 Å². The van der Waals surface area contributed by atoms with Crippen LogP contribution >= 0.6 is 0 Å². The van der Waals surface area contributed by atoms with Crippen molar-refractivity contribution in [3.8, 4) is 0 Å². The van der Waals surface area contributed by atoms with Crippen LogP contribution < -0.4 is 5.32 Å². The molecule has 1 N–H and O–H groups in total. The molecule has 0 unspecified atom stereocenters. The summed E-state index contributed by atoms with van der Waals surface area (Å²) in [4.78, 5) is 0. The zero-order valence-electron chi connectivity index (χ0n) is 8.62. The molecule has 4 nitrogen and oxygen atoms in total. The zero-order chi connectivity index (χ0) is 10.2. The first-order chi connectivity index (χ1) is 6.55. The predicted octanol–water partition coefficient (Wildman–Crippen LogP) is 0.164. The van der Waals surface area contributed by atoms with Crippen LogP contribution in [0.1, 0.15) is 25.7 Å². The SMILES string of the molecule is CS(=O)(=O)N1CCCC[C@@]12CCNC2. The van der Waals surface area contributed by atoms with E-state index < -0.39 is 10.0 Å². The van der Waals surface area contributed by atoms with Gasteiger partial charge in [-0.15, -0.1) is 0 Å². The predicted molar refractivity (Wildman–Crippen MR) is 55.6 cm³/mol. The molecule has 0 aromatic heterocycles. The summed E-state index contributed by atoms with van der Waals surface area (Å²) in [6, 6.07) is 0. The van der Waals surface area contributed by atoms with E-state index in [9.17, 15) is 8.42 Å². The largest absolute Gasteiger partial charge is 0.315 e.